The molecule has 1 saturated heterocycles. The molecule has 4 heterocycles. The van der Waals surface area contributed by atoms with Crippen LogP contribution in [-0.2, 0) is 23.9 Å². The number of benzene rings is 1. The largest absolute Gasteiger partial charge is 0.497 e. The summed E-state index contributed by atoms with van der Waals surface area (Å²) in [5, 5.41) is 10.9. The number of fused-ring (bicyclic) bond motifs is 3. The maximum Gasteiger partial charge on any atom is 0.408 e. The number of rotatable bonds is 8. The fourth-order valence-corrected chi connectivity index (χ4v) is 9.35. The van der Waals surface area contributed by atoms with E-state index in [1.807, 2.05) is 36.4 Å². The van der Waals surface area contributed by atoms with Crippen LogP contribution in [0, 0.1) is 5.92 Å². The van der Waals surface area contributed by atoms with E-state index in [1.54, 1.807) is 18.9 Å². The molecule has 2 aromatic rings. The number of amidine groups is 1. The number of hydrogen-bond donors (Lipinski definition) is 3. The molecule has 3 amide bonds. The summed E-state index contributed by atoms with van der Waals surface area (Å²) in [6, 6.07) is 5.62. The summed E-state index contributed by atoms with van der Waals surface area (Å²) in [5.74, 6) is 0.306. The minimum absolute atomic E-state index is 0.0799. The first-order valence-corrected chi connectivity index (χ1v) is 21.0. The number of aromatic nitrogens is 1. The van der Waals surface area contributed by atoms with Gasteiger partial charge in [0.25, 0.3) is 0 Å². The number of pyridine rings is 1. The van der Waals surface area contributed by atoms with Crippen molar-refractivity contribution >= 4 is 51.7 Å². The van der Waals surface area contributed by atoms with Crippen LogP contribution in [0.1, 0.15) is 96.2 Å². The number of allylic oxidation sites excluding steroid dienone is 1. The molecule has 3 fully saturated rings. The minimum atomic E-state index is -1.21. The molecule has 3 N–H and O–H groups in total. The van der Waals surface area contributed by atoms with E-state index in [9.17, 15) is 19.2 Å². The lowest BCUT2D eigenvalue weighted by Gasteiger charge is -2.29. The van der Waals surface area contributed by atoms with Gasteiger partial charge in [-0.2, -0.15) is 0 Å². The van der Waals surface area contributed by atoms with Crippen LogP contribution in [0.25, 0.3) is 10.9 Å². The topological polar surface area (TPSA) is 170 Å². The Hall–Kier alpha value is -4.53. The molecule has 14 nitrogen and oxygen atoms in total. The first kappa shape index (κ1) is 39.7. The van der Waals surface area contributed by atoms with Gasteiger partial charge >= 0.3 is 12.1 Å². The van der Waals surface area contributed by atoms with Crippen LogP contribution in [0.3, 0.4) is 0 Å². The molecule has 1 unspecified atom stereocenters. The monoisotopic (exact) mass is 790 g/mol. The molecule has 0 radical (unpaired) electrons. The van der Waals surface area contributed by atoms with Crippen molar-refractivity contribution in [3.63, 3.8) is 0 Å². The van der Waals surface area contributed by atoms with E-state index in [4.69, 9.17) is 28.9 Å². The van der Waals surface area contributed by atoms with E-state index in [2.05, 4.69) is 29.8 Å². The summed E-state index contributed by atoms with van der Waals surface area (Å²) in [6.45, 7) is 4.22. The molecular weight excluding hydrogens is 737 g/mol. The number of aliphatic imine (C=N–C) groups is 1. The zero-order valence-corrected chi connectivity index (χ0v) is 33.5. The van der Waals surface area contributed by atoms with Crippen molar-refractivity contribution in [2.24, 2.45) is 10.9 Å². The van der Waals surface area contributed by atoms with Crippen molar-refractivity contribution in [1.29, 1.82) is 0 Å². The van der Waals surface area contributed by atoms with Gasteiger partial charge in [0.15, 0.2) is 5.17 Å². The number of alkyl carbamates (subject to hydrolysis) is 1. The molecular formula is C41H54N6O8S. The highest BCUT2D eigenvalue weighted by Crippen LogP contribution is 2.46. The number of esters is 1. The number of methoxy groups -OCH3 is 2. The number of carbonyl (C=O) groups excluding carboxylic acids is 4. The highest BCUT2D eigenvalue weighted by molar-refractivity contribution is 8.14. The van der Waals surface area contributed by atoms with Crippen molar-refractivity contribution in [3.05, 3.63) is 42.1 Å². The fraction of sp³-hybridized carbons (Fsp3) is 0.610. The van der Waals surface area contributed by atoms with E-state index in [0.717, 1.165) is 61.2 Å². The molecule has 2 saturated carbocycles. The first-order chi connectivity index (χ1) is 27.1. The van der Waals surface area contributed by atoms with E-state index in [0.29, 0.717) is 42.0 Å². The fourth-order valence-electron chi connectivity index (χ4n) is 8.27. The maximum atomic E-state index is 14.6. The molecule has 56 heavy (non-hydrogen) atoms. The quantitative estimate of drug-likeness (QED) is 0.233. The predicted molar refractivity (Wildman–Crippen MR) is 213 cm³/mol. The predicted octanol–water partition coefficient (Wildman–Crippen LogP) is 5.34. The zero-order chi connectivity index (χ0) is 39.4. The lowest BCUT2D eigenvalue weighted by atomic mass is 10.0. The van der Waals surface area contributed by atoms with Gasteiger partial charge in [0.05, 0.1) is 32.0 Å². The summed E-state index contributed by atoms with van der Waals surface area (Å²) in [4.78, 5) is 66.7. The Bertz CT molecular complexity index is 1870. The summed E-state index contributed by atoms with van der Waals surface area (Å²) in [6.07, 6.45) is 10.4. The van der Waals surface area contributed by atoms with Crippen molar-refractivity contribution < 1.29 is 38.1 Å². The average Bonchev–Trinajstić information content (AvgIpc) is 3.62. The Morgan fingerprint density at radius 1 is 1.04 bits per heavy atom. The van der Waals surface area contributed by atoms with E-state index in [1.165, 1.54) is 12.0 Å². The van der Waals surface area contributed by atoms with Gasteiger partial charge in [-0.05, 0) is 77.3 Å². The van der Waals surface area contributed by atoms with Crippen molar-refractivity contribution in [2.45, 2.75) is 126 Å². The van der Waals surface area contributed by atoms with Gasteiger partial charge in [0, 0.05) is 41.7 Å². The molecule has 2 aliphatic carbocycles. The molecule has 5 aliphatic rings. The Morgan fingerprint density at radius 2 is 1.84 bits per heavy atom. The molecule has 1 aromatic carbocycles. The van der Waals surface area contributed by atoms with Crippen LogP contribution in [0.4, 0.5) is 4.79 Å². The average molecular weight is 791 g/mol. The van der Waals surface area contributed by atoms with Gasteiger partial charge in [0.1, 0.15) is 47.4 Å². The summed E-state index contributed by atoms with van der Waals surface area (Å²) < 4.78 is 23.2. The minimum Gasteiger partial charge on any atom is -0.497 e. The smallest absolute Gasteiger partial charge is 0.408 e. The van der Waals surface area contributed by atoms with Crippen molar-refractivity contribution in [3.8, 4) is 11.5 Å². The summed E-state index contributed by atoms with van der Waals surface area (Å²) >= 11 is 1.64. The van der Waals surface area contributed by atoms with Crippen molar-refractivity contribution in [2.75, 3.05) is 26.5 Å². The lowest BCUT2D eigenvalue weighted by Crippen LogP contribution is -2.56. The highest BCUT2D eigenvalue weighted by atomic mass is 32.2. The van der Waals surface area contributed by atoms with Gasteiger partial charge in [-0.15, -0.1) is 0 Å². The number of nitrogens with one attached hydrogen (secondary N) is 3. The zero-order valence-electron chi connectivity index (χ0n) is 32.7. The molecule has 1 aromatic heterocycles. The van der Waals surface area contributed by atoms with Gasteiger partial charge in [-0.1, -0.05) is 36.8 Å². The molecule has 15 heteroatoms. The molecule has 0 bridgehead atoms. The van der Waals surface area contributed by atoms with Gasteiger partial charge < -0.3 is 39.8 Å². The molecule has 3 aliphatic heterocycles. The van der Waals surface area contributed by atoms with Crippen LogP contribution in [0.2, 0.25) is 0 Å². The van der Waals surface area contributed by atoms with Gasteiger partial charge in [-0.25, -0.2) is 9.59 Å². The lowest BCUT2D eigenvalue weighted by molar-refractivity contribution is -0.148. The third-order valence-electron chi connectivity index (χ3n) is 11.4. The third kappa shape index (κ3) is 8.87. The van der Waals surface area contributed by atoms with Gasteiger partial charge in [-0.3, -0.25) is 19.6 Å². The summed E-state index contributed by atoms with van der Waals surface area (Å²) in [5.41, 5.74) is 0.187. The Labute approximate surface area is 332 Å². The standard InChI is InChI=1S/C41H54N6O8S/c1-24(2)42-39-44-33(23-56-39)32-20-35(29-17-16-27(52-3)18-31(29)43-32)54-28-19-34-36(48)46-41(38(50)53-4)21-25(41)12-8-6-5-7-9-15-30(37(49)47(34)22-28)45-40(51)55-26-13-10-11-14-26/h8,12,16-18,20,24-26,28,30,33-34H,5-7,9-11,13-15,19,21-23H2,1-4H3,(H,42,44)(H,45,51)(H,46,48)/b12-8-/t25-,28-,30+,33?,34+,41-/m1/s1. The second-order valence-electron chi connectivity index (χ2n) is 15.8. The second kappa shape index (κ2) is 17.3. The van der Waals surface area contributed by atoms with Gasteiger partial charge in [0.2, 0.25) is 11.8 Å². The van der Waals surface area contributed by atoms with Crippen LogP contribution in [0.5, 0.6) is 11.5 Å². The highest BCUT2D eigenvalue weighted by Gasteiger charge is 2.62. The Kier molecular flexibility index (Phi) is 12.3. The Balaban J connectivity index is 1.20. The third-order valence-corrected chi connectivity index (χ3v) is 12.3. The normalized spacial score (nSPS) is 29.0. The second-order valence-corrected chi connectivity index (χ2v) is 16.8. The SMILES string of the molecule is COC(=O)[C@@]12C[C@H]1/C=C\CCCCC[C@H](NC(=O)OC1CCCC1)C(=O)N1C[C@H](Oc3cc(C4CSC(NC(C)C)=N4)nc4cc(OC)ccc34)C[C@H]1C(=O)N2. The first-order valence-electron chi connectivity index (χ1n) is 20.0. The number of amides is 3. The maximum absolute atomic E-state index is 14.6. The number of nitrogens with zero attached hydrogens (tertiary/aromatic N) is 3. The molecule has 0 spiro atoms. The summed E-state index contributed by atoms with van der Waals surface area (Å²) in [7, 11) is 2.92. The number of hydrogen-bond acceptors (Lipinski definition) is 12. The molecule has 302 valence electrons. The number of thioether (sulfide) groups is 1. The van der Waals surface area contributed by atoms with E-state index < -0.39 is 41.7 Å². The van der Waals surface area contributed by atoms with E-state index in [-0.39, 0.29) is 43.0 Å². The number of carbonyl (C=O) groups is 4. The number of ether oxygens (including phenoxy) is 4. The Morgan fingerprint density at radius 3 is 2.61 bits per heavy atom. The van der Waals surface area contributed by atoms with E-state index >= 15 is 0 Å². The molecule has 7 rings (SSSR count). The van der Waals surface area contributed by atoms with Crippen LogP contribution in [-0.4, -0.2) is 101 Å². The van der Waals surface area contributed by atoms with Crippen LogP contribution >= 0.6 is 11.8 Å². The van der Waals surface area contributed by atoms with Crippen LogP contribution < -0.4 is 25.4 Å². The van der Waals surface area contributed by atoms with Crippen molar-refractivity contribution in [1.82, 2.24) is 25.8 Å². The molecule has 6 atom stereocenters. The van der Waals surface area contributed by atoms with Crippen LogP contribution in [0.15, 0.2) is 41.4 Å².